The van der Waals surface area contributed by atoms with Crippen molar-refractivity contribution in [3.63, 3.8) is 0 Å². The Kier molecular flexibility index (Phi) is 4.47. The van der Waals surface area contributed by atoms with Gasteiger partial charge in [-0.3, -0.25) is 9.69 Å². The summed E-state index contributed by atoms with van der Waals surface area (Å²) in [5, 5.41) is 0. The highest BCUT2D eigenvalue weighted by atomic mass is 16.2. The van der Waals surface area contributed by atoms with E-state index in [1.165, 1.54) is 11.3 Å². The van der Waals surface area contributed by atoms with Crippen LogP contribution in [0.3, 0.4) is 0 Å². The highest BCUT2D eigenvalue weighted by molar-refractivity contribution is 5.73. The molecule has 0 N–H and O–H groups in total. The Hall–Kier alpha value is -2.66. The summed E-state index contributed by atoms with van der Waals surface area (Å²) in [6.07, 6.45) is 2.16. The zero-order chi connectivity index (χ0) is 18.1. The van der Waals surface area contributed by atoms with Crippen molar-refractivity contribution in [2.75, 3.05) is 26.2 Å². The fourth-order valence-electron chi connectivity index (χ4n) is 3.61. The zero-order valence-corrected chi connectivity index (χ0v) is 15.4. The maximum atomic E-state index is 11.6. The van der Waals surface area contributed by atoms with Crippen LogP contribution in [0.4, 0.5) is 0 Å². The molecule has 0 spiro atoms. The molecule has 1 aromatic carbocycles. The van der Waals surface area contributed by atoms with Gasteiger partial charge in [0.15, 0.2) is 0 Å². The Morgan fingerprint density at radius 1 is 1.04 bits per heavy atom. The number of nitrogens with zero attached hydrogens (tertiary/aromatic N) is 4. The standard InChI is InChI=1S/C21H24N4O/c1-16-8-9-20-22-21(18-6-4-3-5-7-18)19(25(20)14-16)15-23-10-12-24(13-11-23)17(2)26/h3-9,14H,10-13,15H2,1-2H3. The number of aromatic nitrogens is 2. The molecule has 1 amide bonds. The van der Waals surface area contributed by atoms with Crippen molar-refractivity contribution >= 4 is 11.6 Å². The van der Waals surface area contributed by atoms with Crippen LogP contribution in [0.2, 0.25) is 0 Å². The van der Waals surface area contributed by atoms with Crippen molar-refractivity contribution in [2.45, 2.75) is 20.4 Å². The van der Waals surface area contributed by atoms with Gasteiger partial charge in [-0.2, -0.15) is 0 Å². The van der Waals surface area contributed by atoms with E-state index in [4.69, 9.17) is 4.98 Å². The molecule has 0 unspecified atom stereocenters. The maximum Gasteiger partial charge on any atom is 0.219 e. The Labute approximate surface area is 153 Å². The Balaban J connectivity index is 1.69. The molecule has 0 atom stereocenters. The van der Waals surface area contributed by atoms with Crippen molar-refractivity contribution in [1.82, 2.24) is 19.2 Å². The normalized spacial score (nSPS) is 15.5. The summed E-state index contributed by atoms with van der Waals surface area (Å²) in [5.41, 5.74) is 5.60. The Morgan fingerprint density at radius 2 is 1.77 bits per heavy atom. The minimum absolute atomic E-state index is 0.167. The topological polar surface area (TPSA) is 40.9 Å². The zero-order valence-electron chi connectivity index (χ0n) is 15.4. The summed E-state index contributed by atoms with van der Waals surface area (Å²) in [6, 6.07) is 14.6. The van der Waals surface area contributed by atoms with Gasteiger partial charge in [0.2, 0.25) is 5.91 Å². The lowest BCUT2D eigenvalue weighted by molar-refractivity contribution is -0.130. The van der Waals surface area contributed by atoms with Crippen LogP contribution in [0.1, 0.15) is 18.2 Å². The largest absolute Gasteiger partial charge is 0.340 e. The lowest BCUT2D eigenvalue weighted by Crippen LogP contribution is -2.47. The quantitative estimate of drug-likeness (QED) is 0.731. The molecule has 5 heteroatoms. The van der Waals surface area contributed by atoms with E-state index in [0.29, 0.717) is 0 Å². The van der Waals surface area contributed by atoms with E-state index in [1.807, 2.05) is 11.0 Å². The smallest absolute Gasteiger partial charge is 0.219 e. The van der Waals surface area contributed by atoms with E-state index < -0.39 is 0 Å². The summed E-state index contributed by atoms with van der Waals surface area (Å²) in [4.78, 5) is 20.8. The Morgan fingerprint density at radius 3 is 2.46 bits per heavy atom. The number of carbonyl (C=O) groups is 1. The van der Waals surface area contributed by atoms with Crippen molar-refractivity contribution in [2.24, 2.45) is 0 Å². The van der Waals surface area contributed by atoms with Crippen molar-refractivity contribution in [3.05, 3.63) is 59.9 Å². The second-order valence-electron chi connectivity index (χ2n) is 6.99. The van der Waals surface area contributed by atoms with Crippen LogP contribution >= 0.6 is 0 Å². The third-order valence-electron chi connectivity index (χ3n) is 5.10. The predicted octanol–water partition coefficient (Wildman–Crippen LogP) is 2.97. The van der Waals surface area contributed by atoms with E-state index in [2.05, 4.69) is 58.8 Å². The molecule has 4 rings (SSSR count). The van der Waals surface area contributed by atoms with E-state index in [0.717, 1.165) is 49.6 Å². The molecular formula is C21H24N4O. The number of carbonyl (C=O) groups excluding carboxylic acids is 1. The van der Waals surface area contributed by atoms with Gasteiger partial charge in [0, 0.05) is 51.4 Å². The molecule has 3 heterocycles. The average molecular weight is 348 g/mol. The molecule has 0 aliphatic carbocycles. The predicted molar refractivity (Wildman–Crippen MR) is 103 cm³/mol. The first-order chi connectivity index (χ1) is 12.6. The van der Waals surface area contributed by atoms with Crippen LogP contribution in [0.25, 0.3) is 16.9 Å². The van der Waals surface area contributed by atoms with Gasteiger partial charge in [-0.05, 0) is 18.6 Å². The molecule has 1 aliphatic heterocycles. The van der Waals surface area contributed by atoms with Crippen LogP contribution in [0.5, 0.6) is 0 Å². The van der Waals surface area contributed by atoms with Crippen LogP contribution in [-0.4, -0.2) is 51.3 Å². The second kappa shape index (κ2) is 6.92. The number of hydrogen-bond donors (Lipinski definition) is 0. The molecule has 26 heavy (non-hydrogen) atoms. The fraction of sp³-hybridized carbons (Fsp3) is 0.333. The first-order valence-corrected chi connectivity index (χ1v) is 9.13. The molecule has 134 valence electrons. The van der Waals surface area contributed by atoms with E-state index in [-0.39, 0.29) is 5.91 Å². The summed E-state index contributed by atoms with van der Waals surface area (Å²) in [7, 11) is 0. The number of pyridine rings is 1. The van der Waals surface area contributed by atoms with Gasteiger partial charge >= 0.3 is 0 Å². The molecule has 2 aromatic heterocycles. The number of imidazole rings is 1. The molecule has 1 fully saturated rings. The number of aryl methyl sites for hydroxylation is 1. The Bertz CT molecular complexity index is 924. The first-order valence-electron chi connectivity index (χ1n) is 9.13. The number of piperazine rings is 1. The average Bonchev–Trinajstić information content (AvgIpc) is 3.01. The lowest BCUT2D eigenvalue weighted by atomic mass is 10.1. The minimum atomic E-state index is 0.167. The highest BCUT2D eigenvalue weighted by Crippen LogP contribution is 2.26. The van der Waals surface area contributed by atoms with Crippen LogP contribution in [-0.2, 0) is 11.3 Å². The SMILES string of the molecule is CC(=O)N1CCN(Cc2c(-c3ccccc3)nc3ccc(C)cn23)CC1. The molecule has 0 bridgehead atoms. The number of fused-ring (bicyclic) bond motifs is 1. The first kappa shape index (κ1) is 16.8. The van der Waals surface area contributed by atoms with E-state index >= 15 is 0 Å². The van der Waals surface area contributed by atoms with Crippen molar-refractivity contribution < 1.29 is 4.79 Å². The molecule has 1 aliphatic rings. The van der Waals surface area contributed by atoms with Crippen molar-refractivity contribution in [3.8, 4) is 11.3 Å². The minimum Gasteiger partial charge on any atom is -0.340 e. The molecular weight excluding hydrogens is 324 g/mol. The van der Waals surface area contributed by atoms with Gasteiger partial charge in [-0.1, -0.05) is 36.4 Å². The summed E-state index contributed by atoms with van der Waals surface area (Å²) >= 11 is 0. The van der Waals surface area contributed by atoms with Gasteiger partial charge in [0.05, 0.1) is 11.4 Å². The van der Waals surface area contributed by atoms with Gasteiger partial charge < -0.3 is 9.30 Å². The van der Waals surface area contributed by atoms with E-state index in [9.17, 15) is 4.79 Å². The van der Waals surface area contributed by atoms with Gasteiger partial charge in [0.1, 0.15) is 5.65 Å². The summed E-state index contributed by atoms with van der Waals surface area (Å²) in [6.45, 7) is 7.98. The van der Waals surface area contributed by atoms with E-state index in [1.54, 1.807) is 6.92 Å². The third-order valence-corrected chi connectivity index (χ3v) is 5.10. The molecule has 0 radical (unpaired) electrons. The van der Waals surface area contributed by atoms with Crippen LogP contribution < -0.4 is 0 Å². The molecule has 0 saturated carbocycles. The fourth-order valence-corrected chi connectivity index (χ4v) is 3.61. The highest BCUT2D eigenvalue weighted by Gasteiger charge is 2.22. The molecule has 3 aromatic rings. The number of amides is 1. The van der Waals surface area contributed by atoms with Crippen molar-refractivity contribution in [1.29, 1.82) is 0 Å². The van der Waals surface area contributed by atoms with Gasteiger partial charge in [-0.25, -0.2) is 4.98 Å². The number of hydrogen-bond acceptors (Lipinski definition) is 3. The third kappa shape index (κ3) is 3.22. The maximum absolute atomic E-state index is 11.6. The number of benzene rings is 1. The summed E-state index contributed by atoms with van der Waals surface area (Å²) < 4.78 is 2.22. The summed E-state index contributed by atoms with van der Waals surface area (Å²) in [5.74, 6) is 0.167. The molecule has 1 saturated heterocycles. The second-order valence-corrected chi connectivity index (χ2v) is 6.99. The molecule has 5 nitrogen and oxygen atoms in total. The lowest BCUT2D eigenvalue weighted by Gasteiger charge is -2.34. The van der Waals surface area contributed by atoms with Gasteiger partial charge in [-0.15, -0.1) is 0 Å². The monoisotopic (exact) mass is 348 g/mol. The van der Waals surface area contributed by atoms with Crippen LogP contribution in [0.15, 0.2) is 48.7 Å². The number of rotatable bonds is 3. The van der Waals surface area contributed by atoms with Crippen LogP contribution in [0, 0.1) is 6.92 Å². The van der Waals surface area contributed by atoms with Gasteiger partial charge in [0.25, 0.3) is 0 Å².